The summed E-state index contributed by atoms with van der Waals surface area (Å²) in [5.74, 6) is -1.35. The first-order chi connectivity index (χ1) is 6.90. The number of hydrogen-bond acceptors (Lipinski definition) is 3. The van der Waals surface area contributed by atoms with Gasteiger partial charge in [-0.3, -0.25) is 9.59 Å². The number of esters is 1. The van der Waals surface area contributed by atoms with Gasteiger partial charge in [-0.15, -0.1) is 0 Å². The minimum Gasteiger partial charge on any atom is -0.480 e. The lowest BCUT2D eigenvalue weighted by atomic mass is 9.79. The summed E-state index contributed by atoms with van der Waals surface area (Å²) < 4.78 is 4.58. The van der Waals surface area contributed by atoms with Crippen molar-refractivity contribution in [2.75, 3.05) is 7.11 Å². The average molecular weight is 216 g/mol. The highest BCUT2D eigenvalue weighted by atomic mass is 16.5. The number of methoxy groups -OCH3 is 1. The largest absolute Gasteiger partial charge is 0.480 e. The summed E-state index contributed by atoms with van der Waals surface area (Å²) in [6, 6.07) is 0. The molecule has 0 aliphatic carbocycles. The summed E-state index contributed by atoms with van der Waals surface area (Å²) in [6.45, 7) is 5.70. The smallest absolute Gasteiger partial charge is 0.323 e. The van der Waals surface area contributed by atoms with Crippen molar-refractivity contribution in [1.29, 1.82) is 0 Å². The Morgan fingerprint density at radius 2 is 1.93 bits per heavy atom. The van der Waals surface area contributed by atoms with Crippen molar-refractivity contribution < 1.29 is 19.4 Å². The standard InChI is InChI=1S/C11H20O4/c1-5-11(9(12)13,10(14)15-4)7-6-8(2)3/h8H,5-7H2,1-4H3,(H,12,13). The molecular formula is C11H20O4. The van der Waals surface area contributed by atoms with Crippen LogP contribution in [0.1, 0.15) is 40.0 Å². The van der Waals surface area contributed by atoms with Gasteiger partial charge in [0.15, 0.2) is 5.41 Å². The lowest BCUT2D eigenvalue weighted by molar-refractivity contribution is -0.168. The molecule has 0 aliphatic heterocycles. The van der Waals surface area contributed by atoms with Gasteiger partial charge in [0.2, 0.25) is 0 Å². The van der Waals surface area contributed by atoms with Crippen LogP contribution in [-0.4, -0.2) is 24.2 Å². The number of ether oxygens (including phenoxy) is 1. The Balaban J connectivity index is 4.82. The van der Waals surface area contributed by atoms with Crippen LogP contribution in [0.4, 0.5) is 0 Å². The van der Waals surface area contributed by atoms with Gasteiger partial charge in [-0.1, -0.05) is 20.8 Å². The molecule has 0 aromatic heterocycles. The Morgan fingerprint density at radius 1 is 1.40 bits per heavy atom. The maximum absolute atomic E-state index is 11.5. The van der Waals surface area contributed by atoms with E-state index in [1.165, 1.54) is 7.11 Å². The fraction of sp³-hybridized carbons (Fsp3) is 0.818. The zero-order valence-corrected chi connectivity index (χ0v) is 9.87. The highest BCUT2D eigenvalue weighted by Gasteiger charge is 2.45. The third-order valence-corrected chi connectivity index (χ3v) is 2.74. The molecule has 1 N–H and O–H groups in total. The minimum absolute atomic E-state index is 0.266. The van der Waals surface area contributed by atoms with Gasteiger partial charge < -0.3 is 9.84 Å². The van der Waals surface area contributed by atoms with Crippen LogP contribution in [0.5, 0.6) is 0 Å². The molecule has 0 saturated heterocycles. The van der Waals surface area contributed by atoms with Crippen LogP contribution >= 0.6 is 0 Å². The first-order valence-electron chi connectivity index (χ1n) is 5.22. The summed E-state index contributed by atoms with van der Waals surface area (Å²) in [6.07, 6.45) is 1.31. The minimum atomic E-state index is -1.36. The van der Waals surface area contributed by atoms with Crippen molar-refractivity contribution in [3.8, 4) is 0 Å². The Hall–Kier alpha value is -1.06. The van der Waals surface area contributed by atoms with Crippen molar-refractivity contribution >= 4 is 11.9 Å². The van der Waals surface area contributed by atoms with Crippen LogP contribution in [0.25, 0.3) is 0 Å². The average Bonchev–Trinajstić information content (AvgIpc) is 2.18. The van der Waals surface area contributed by atoms with E-state index >= 15 is 0 Å². The molecule has 0 fully saturated rings. The molecule has 1 unspecified atom stereocenters. The molecule has 1 atom stereocenters. The van der Waals surface area contributed by atoms with Crippen LogP contribution < -0.4 is 0 Å². The second kappa shape index (κ2) is 5.73. The van der Waals surface area contributed by atoms with E-state index in [2.05, 4.69) is 4.74 Å². The SMILES string of the molecule is CCC(CCC(C)C)(C(=O)O)C(=O)OC. The number of carboxylic acids is 1. The Morgan fingerprint density at radius 3 is 2.20 bits per heavy atom. The maximum Gasteiger partial charge on any atom is 0.323 e. The first kappa shape index (κ1) is 13.9. The zero-order chi connectivity index (χ0) is 12.1. The predicted octanol–water partition coefficient (Wildman–Crippen LogP) is 2.08. The molecule has 0 rings (SSSR count). The molecule has 4 nitrogen and oxygen atoms in total. The molecule has 4 heteroatoms. The molecule has 0 aliphatic rings. The number of hydrogen-bond donors (Lipinski definition) is 1. The van der Waals surface area contributed by atoms with E-state index in [0.717, 1.165) is 0 Å². The highest BCUT2D eigenvalue weighted by molar-refractivity contribution is 5.99. The summed E-state index contributed by atoms with van der Waals surface area (Å²) in [5, 5.41) is 9.14. The van der Waals surface area contributed by atoms with Crippen LogP contribution in [0.15, 0.2) is 0 Å². The van der Waals surface area contributed by atoms with Gasteiger partial charge in [0.25, 0.3) is 0 Å². The molecule has 0 spiro atoms. The van der Waals surface area contributed by atoms with Gasteiger partial charge in [-0.05, 0) is 25.2 Å². The molecule has 0 radical (unpaired) electrons. The van der Waals surface area contributed by atoms with E-state index in [4.69, 9.17) is 5.11 Å². The molecule has 0 bridgehead atoms. The van der Waals surface area contributed by atoms with Gasteiger partial charge in [0.05, 0.1) is 7.11 Å². The van der Waals surface area contributed by atoms with Crippen LogP contribution in [0.3, 0.4) is 0 Å². The Labute approximate surface area is 90.6 Å². The van der Waals surface area contributed by atoms with E-state index in [0.29, 0.717) is 18.8 Å². The lowest BCUT2D eigenvalue weighted by Gasteiger charge is -2.25. The van der Waals surface area contributed by atoms with Crippen molar-refractivity contribution in [3.05, 3.63) is 0 Å². The third-order valence-electron chi connectivity index (χ3n) is 2.74. The summed E-state index contributed by atoms with van der Waals surface area (Å²) in [7, 11) is 1.23. The van der Waals surface area contributed by atoms with E-state index in [1.807, 2.05) is 13.8 Å². The Bertz CT molecular complexity index is 235. The van der Waals surface area contributed by atoms with Crippen LogP contribution in [0, 0.1) is 11.3 Å². The first-order valence-corrected chi connectivity index (χ1v) is 5.22. The van der Waals surface area contributed by atoms with Gasteiger partial charge >= 0.3 is 11.9 Å². The number of carboxylic acid groups (broad SMARTS) is 1. The van der Waals surface area contributed by atoms with Gasteiger partial charge in [0.1, 0.15) is 0 Å². The lowest BCUT2D eigenvalue weighted by Crippen LogP contribution is -2.40. The highest BCUT2D eigenvalue weighted by Crippen LogP contribution is 2.31. The quantitative estimate of drug-likeness (QED) is 0.545. The van der Waals surface area contributed by atoms with Crippen molar-refractivity contribution in [3.63, 3.8) is 0 Å². The second-order valence-corrected chi connectivity index (χ2v) is 4.16. The topological polar surface area (TPSA) is 63.6 Å². The third kappa shape index (κ3) is 3.22. The molecule has 0 heterocycles. The van der Waals surface area contributed by atoms with Gasteiger partial charge in [0, 0.05) is 0 Å². The fourth-order valence-corrected chi connectivity index (χ4v) is 1.50. The number of carbonyl (C=O) groups excluding carboxylic acids is 1. The van der Waals surface area contributed by atoms with E-state index in [1.54, 1.807) is 6.92 Å². The molecule has 0 aromatic rings. The molecular weight excluding hydrogens is 196 g/mol. The van der Waals surface area contributed by atoms with Crippen LogP contribution in [-0.2, 0) is 14.3 Å². The van der Waals surface area contributed by atoms with Gasteiger partial charge in [-0.25, -0.2) is 0 Å². The number of carbonyl (C=O) groups is 2. The van der Waals surface area contributed by atoms with E-state index in [9.17, 15) is 9.59 Å². The second-order valence-electron chi connectivity index (χ2n) is 4.16. The van der Waals surface area contributed by atoms with Crippen molar-refractivity contribution in [2.24, 2.45) is 11.3 Å². The summed E-state index contributed by atoms with van der Waals surface area (Å²) in [4.78, 5) is 22.7. The fourth-order valence-electron chi connectivity index (χ4n) is 1.50. The van der Waals surface area contributed by atoms with Crippen molar-refractivity contribution in [2.45, 2.75) is 40.0 Å². The summed E-state index contributed by atoms with van der Waals surface area (Å²) >= 11 is 0. The van der Waals surface area contributed by atoms with Crippen LogP contribution in [0.2, 0.25) is 0 Å². The maximum atomic E-state index is 11.5. The number of aliphatic carboxylic acids is 1. The Kier molecular flexibility index (Phi) is 5.33. The van der Waals surface area contributed by atoms with E-state index < -0.39 is 17.4 Å². The monoisotopic (exact) mass is 216 g/mol. The van der Waals surface area contributed by atoms with Crippen molar-refractivity contribution in [1.82, 2.24) is 0 Å². The molecule has 0 aromatic carbocycles. The normalized spacial score (nSPS) is 14.7. The van der Waals surface area contributed by atoms with Gasteiger partial charge in [-0.2, -0.15) is 0 Å². The molecule has 0 amide bonds. The molecule has 15 heavy (non-hydrogen) atoms. The zero-order valence-electron chi connectivity index (χ0n) is 9.87. The number of rotatable bonds is 6. The van der Waals surface area contributed by atoms with E-state index in [-0.39, 0.29) is 6.42 Å². The molecule has 88 valence electrons. The molecule has 0 saturated carbocycles. The summed E-state index contributed by atoms with van der Waals surface area (Å²) in [5.41, 5.74) is -1.36. The predicted molar refractivity (Wildman–Crippen MR) is 56.4 cm³/mol.